The van der Waals surface area contributed by atoms with Gasteiger partial charge in [0.25, 0.3) is 0 Å². The lowest BCUT2D eigenvalue weighted by Gasteiger charge is -2.37. The van der Waals surface area contributed by atoms with Crippen LogP contribution in [0.3, 0.4) is 0 Å². The fraction of sp³-hybridized carbons (Fsp3) is 0.476. The molecule has 11 heteroatoms. The zero-order valence-corrected chi connectivity index (χ0v) is 17.7. The summed E-state index contributed by atoms with van der Waals surface area (Å²) in [6.07, 6.45) is -1.16. The van der Waals surface area contributed by atoms with Gasteiger partial charge in [-0.3, -0.25) is 4.57 Å². The molecule has 0 bridgehead atoms. The highest BCUT2D eigenvalue weighted by Gasteiger charge is 2.44. The number of ether oxygens (including phenoxy) is 2. The molecule has 0 amide bonds. The Bertz CT molecular complexity index is 1090. The number of rotatable bonds is 5. The Morgan fingerprint density at radius 3 is 2.50 bits per heavy atom. The molecule has 2 aliphatic heterocycles. The molecule has 1 unspecified atom stereocenters. The van der Waals surface area contributed by atoms with Gasteiger partial charge in [-0.1, -0.05) is 12.1 Å². The van der Waals surface area contributed by atoms with Crippen molar-refractivity contribution in [3.63, 3.8) is 0 Å². The van der Waals surface area contributed by atoms with Crippen molar-refractivity contribution < 1.29 is 24.8 Å². The van der Waals surface area contributed by atoms with Gasteiger partial charge in [0, 0.05) is 26.2 Å². The van der Waals surface area contributed by atoms with E-state index in [0.29, 0.717) is 17.0 Å². The first-order valence-corrected chi connectivity index (χ1v) is 10.5. The second-order valence-electron chi connectivity index (χ2n) is 7.90. The summed E-state index contributed by atoms with van der Waals surface area (Å²) in [5.41, 5.74) is 2.16. The largest absolute Gasteiger partial charge is 0.495 e. The minimum Gasteiger partial charge on any atom is -0.495 e. The van der Waals surface area contributed by atoms with Crippen LogP contribution in [0, 0.1) is 0 Å². The summed E-state index contributed by atoms with van der Waals surface area (Å²) in [6, 6.07) is 7.97. The molecule has 2 saturated heterocycles. The van der Waals surface area contributed by atoms with Gasteiger partial charge in [-0.2, -0.15) is 0 Å². The van der Waals surface area contributed by atoms with Crippen molar-refractivity contribution in [2.75, 3.05) is 49.7 Å². The minimum atomic E-state index is -1.20. The Morgan fingerprint density at radius 1 is 1.03 bits per heavy atom. The number of aliphatic hydroxyl groups is 3. The zero-order chi connectivity index (χ0) is 22.2. The Hall–Kier alpha value is -2.99. The number of aromatic nitrogens is 4. The number of aliphatic hydroxyl groups excluding tert-OH is 3. The quantitative estimate of drug-likeness (QED) is 0.487. The third-order valence-electron chi connectivity index (χ3n) is 6.14. The van der Waals surface area contributed by atoms with Gasteiger partial charge in [-0.25, -0.2) is 15.0 Å². The summed E-state index contributed by atoms with van der Waals surface area (Å²) in [5.74, 6) is 1.56. The zero-order valence-electron chi connectivity index (χ0n) is 17.7. The number of para-hydroxylation sites is 2. The molecule has 4 atom stereocenters. The second-order valence-corrected chi connectivity index (χ2v) is 7.90. The molecule has 0 saturated carbocycles. The molecule has 2 aromatic heterocycles. The van der Waals surface area contributed by atoms with E-state index in [2.05, 4.69) is 30.8 Å². The molecule has 0 spiro atoms. The van der Waals surface area contributed by atoms with Gasteiger partial charge in [0.15, 0.2) is 23.2 Å². The van der Waals surface area contributed by atoms with E-state index in [9.17, 15) is 15.3 Å². The Morgan fingerprint density at radius 2 is 1.78 bits per heavy atom. The maximum absolute atomic E-state index is 10.4. The molecule has 2 fully saturated rings. The van der Waals surface area contributed by atoms with Crippen LogP contribution in [0.4, 0.5) is 11.5 Å². The molecule has 1 aromatic carbocycles. The standard InChI is InChI=1S/C21H26N6O5/c1-31-14-5-3-2-4-13(14)25-6-8-26(9-7-25)19-16-20(23-11-22-19)27(12-24-16)21-18(30)17(29)15(10-28)32-21/h2-5,11-12,15,17-18,21,28-30H,6-10H2,1H3/t15-,17-,18-,21?/m1/s1. The molecular formula is C21H26N6O5. The second kappa shape index (κ2) is 8.51. The lowest BCUT2D eigenvalue weighted by Crippen LogP contribution is -2.47. The number of benzene rings is 1. The first-order valence-electron chi connectivity index (χ1n) is 10.5. The van der Waals surface area contributed by atoms with Gasteiger partial charge in [0.1, 0.15) is 30.4 Å². The van der Waals surface area contributed by atoms with Gasteiger partial charge >= 0.3 is 0 Å². The van der Waals surface area contributed by atoms with Crippen LogP contribution in [0.2, 0.25) is 0 Å². The predicted octanol–water partition coefficient (Wildman–Crippen LogP) is -0.227. The van der Waals surface area contributed by atoms with Crippen molar-refractivity contribution in [3.05, 3.63) is 36.9 Å². The highest BCUT2D eigenvalue weighted by molar-refractivity contribution is 5.83. The maximum atomic E-state index is 10.4. The molecule has 32 heavy (non-hydrogen) atoms. The number of anilines is 2. The molecule has 3 N–H and O–H groups in total. The molecule has 170 valence electrons. The van der Waals surface area contributed by atoms with Crippen molar-refractivity contribution >= 4 is 22.7 Å². The van der Waals surface area contributed by atoms with Crippen molar-refractivity contribution in [2.24, 2.45) is 0 Å². The molecule has 3 aromatic rings. The van der Waals surface area contributed by atoms with Crippen LogP contribution in [-0.2, 0) is 4.74 Å². The Kier molecular flexibility index (Phi) is 5.55. The normalized spacial score (nSPS) is 26.1. The number of fused-ring (bicyclic) bond motifs is 1. The summed E-state index contributed by atoms with van der Waals surface area (Å²) >= 11 is 0. The first kappa shape index (κ1) is 20.9. The number of nitrogens with zero attached hydrogens (tertiary/aromatic N) is 6. The van der Waals surface area contributed by atoms with Gasteiger partial charge in [0.05, 0.1) is 25.7 Å². The van der Waals surface area contributed by atoms with Crippen LogP contribution in [-0.4, -0.2) is 93.0 Å². The Labute approximate surface area is 184 Å². The van der Waals surface area contributed by atoms with Crippen molar-refractivity contribution in [2.45, 2.75) is 24.5 Å². The maximum Gasteiger partial charge on any atom is 0.167 e. The van der Waals surface area contributed by atoms with Crippen LogP contribution in [0.1, 0.15) is 6.23 Å². The first-order chi connectivity index (χ1) is 15.6. The molecule has 4 heterocycles. The number of hydrogen-bond donors (Lipinski definition) is 3. The van der Waals surface area contributed by atoms with Crippen LogP contribution >= 0.6 is 0 Å². The summed E-state index contributed by atoms with van der Waals surface area (Å²) in [4.78, 5) is 17.7. The van der Waals surface area contributed by atoms with E-state index in [4.69, 9.17) is 9.47 Å². The number of imidazole rings is 1. The average molecular weight is 442 g/mol. The highest BCUT2D eigenvalue weighted by Crippen LogP contribution is 2.33. The topological polar surface area (TPSA) is 129 Å². The van der Waals surface area contributed by atoms with E-state index < -0.39 is 31.1 Å². The average Bonchev–Trinajstić information content (AvgIpc) is 3.39. The third kappa shape index (κ3) is 3.43. The van der Waals surface area contributed by atoms with E-state index >= 15 is 0 Å². The van der Waals surface area contributed by atoms with Crippen LogP contribution in [0.5, 0.6) is 5.75 Å². The lowest BCUT2D eigenvalue weighted by atomic mass is 10.1. The molecular weight excluding hydrogens is 416 g/mol. The number of piperazine rings is 1. The lowest BCUT2D eigenvalue weighted by molar-refractivity contribution is -0.0511. The third-order valence-corrected chi connectivity index (χ3v) is 6.14. The minimum absolute atomic E-state index is 0.391. The Balaban J connectivity index is 1.37. The predicted molar refractivity (Wildman–Crippen MR) is 116 cm³/mol. The van der Waals surface area contributed by atoms with E-state index in [1.807, 2.05) is 18.2 Å². The summed E-state index contributed by atoms with van der Waals surface area (Å²) in [6.45, 7) is 2.68. The van der Waals surface area contributed by atoms with Crippen molar-refractivity contribution in [3.8, 4) is 5.75 Å². The van der Waals surface area contributed by atoms with Crippen LogP contribution in [0.25, 0.3) is 11.2 Å². The van der Waals surface area contributed by atoms with Crippen LogP contribution < -0.4 is 14.5 Å². The smallest absolute Gasteiger partial charge is 0.167 e. The molecule has 0 radical (unpaired) electrons. The van der Waals surface area contributed by atoms with E-state index in [0.717, 1.165) is 37.6 Å². The van der Waals surface area contributed by atoms with Gasteiger partial charge in [0.2, 0.25) is 0 Å². The van der Waals surface area contributed by atoms with Crippen molar-refractivity contribution in [1.29, 1.82) is 0 Å². The SMILES string of the molecule is COc1ccccc1N1CCN(c2ncnc3c2ncn3C2O[C@H](CO)[C@@H](O)[C@H]2O)CC1. The monoisotopic (exact) mass is 442 g/mol. The summed E-state index contributed by atoms with van der Waals surface area (Å²) in [5, 5.41) is 29.8. The van der Waals surface area contributed by atoms with Gasteiger partial charge < -0.3 is 34.6 Å². The van der Waals surface area contributed by atoms with E-state index in [1.54, 1.807) is 11.7 Å². The highest BCUT2D eigenvalue weighted by atomic mass is 16.6. The summed E-state index contributed by atoms with van der Waals surface area (Å²) < 4.78 is 12.7. The number of hydrogen-bond acceptors (Lipinski definition) is 10. The van der Waals surface area contributed by atoms with E-state index in [-0.39, 0.29) is 0 Å². The number of methoxy groups -OCH3 is 1. The summed E-state index contributed by atoms with van der Waals surface area (Å²) in [7, 11) is 1.68. The fourth-order valence-electron chi connectivity index (χ4n) is 4.42. The van der Waals surface area contributed by atoms with Crippen LogP contribution in [0.15, 0.2) is 36.9 Å². The molecule has 2 aliphatic rings. The van der Waals surface area contributed by atoms with Gasteiger partial charge in [-0.15, -0.1) is 0 Å². The van der Waals surface area contributed by atoms with Gasteiger partial charge in [-0.05, 0) is 12.1 Å². The van der Waals surface area contributed by atoms with E-state index in [1.165, 1.54) is 12.7 Å². The molecule has 0 aliphatic carbocycles. The van der Waals surface area contributed by atoms with Crippen molar-refractivity contribution in [1.82, 2.24) is 19.5 Å². The molecule has 11 nitrogen and oxygen atoms in total. The molecule has 5 rings (SSSR count). The fourth-order valence-corrected chi connectivity index (χ4v) is 4.42.